The van der Waals surface area contributed by atoms with E-state index in [1.807, 2.05) is 4.90 Å². The van der Waals surface area contributed by atoms with Crippen LogP contribution < -0.4 is 0 Å². The molecule has 1 N–H and O–H groups in total. The summed E-state index contributed by atoms with van der Waals surface area (Å²) in [5, 5.41) is 7.12. The van der Waals surface area contributed by atoms with Gasteiger partial charge in [0, 0.05) is 32.7 Å². The van der Waals surface area contributed by atoms with Gasteiger partial charge in [0.05, 0.1) is 19.1 Å². The predicted octanol–water partition coefficient (Wildman–Crippen LogP) is 2.18. The average Bonchev–Trinajstić information content (AvgIpc) is 3.37. The minimum Gasteiger partial charge on any atom is -0.475 e. The first-order valence-corrected chi connectivity index (χ1v) is 10.2. The van der Waals surface area contributed by atoms with E-state index in [0.29, 0.717) is 44.4 Å². The first-order chi connectivity index (χ1) is 13.6. The SMILES string of the molecule is O=C(O)C(F)(F)F.O=C([C@@H]1COC[C@H]2CN(CC3CC3)C[C@H]21)N1CCC(F)CC1. The number of amides is 1. The molecule has 1 aliphatic carbocycles. The van der Waals surface area contributed by atoms with E-state index >= 15 is 0 Å². The summed E-state index contributed by atoms with van der Waals surface area (Å²) in [5.74, 6) is -0.677. The molecule has 29 heavy (non-hydrogen) atoms. The van der Waals surface area contributed by atoms with Crippen LogP contribution in [0.5, 0.6) is 0 Å². The largest absolute Gasteiger partial charge is 0.490 e. The van der Waals surface area contributed by atoms with E-state index in [1.165, 1.54) is 19.4 Å². The van der Waals surface area contributed by atoms with Crippen LogP contribution in [0.2, 0.25) is 0 Å². The van der Waals surface area contributed by atoms with Gasteiger partial charge in [-0.05, 0) is 43.4 Å². The fourth-order valence-corrected chi connectivity index (χ4v) is 4.46. The number of hydrogen-bond acceptors (Lipinski definition) is 4. The third-order valence-electron chi connectivity index (χ3n) is 6.22. The second kappa shape index (κ2) is 9.16. The number of carboxylic acids is 1. The van der Waals surface area contributed by atoms with Gasteiger partial charge in [0.2, 0.25) is 5.91 Å². The first-order valence-electron chi connectivity index (χ1n) is 10.2. The third-order valence-corrected chi connectivity index (χ3v) is 6.22. The van der Waals surface area contributed by atoms with Gasteiger partial charge in [-0.1, -0.05) is 0 Å². The Labute approximate surface area is 167 Å². The van der Waals surface area contributed by atoms with Crippen molar-refractivity contribution in [3.8, 4) is 0 Å². The summed E-state index contributed by atoms with van der Waals surface area (Å²) in [7, 11) is 0. The summed E-state index contributed by atoms with van der Waals surface area (Å²) >= 11 is 0. The molecule has 4 fully saturated rings. The van der Waals surface area contributed by atoms with Crippen LogP contribution in [0.4, 0.5) is 17.6 Å². The lowest BCUT2D eigenvalue weighted by Gasteiger charge is -2.37. The maximum atomic E-state index is 13.3. The number of likely N-dealkylation sites (tertiary alicyclic amines) is 2. The molecule has 4 rings (SSSR count). The fourth-order valence-electron chi connectivity index (χ4n) is 4.46. The number of halogens is 4. The van der Waals surface area contributed by atoms with Gasteiger partial charge in [-0.15, -0.1) is 0 Å². The topological polar surface area (TPSA) is 70.1 Å². The predicted molar refractivity (Wildman–Crippen MR) is 94.9 cm³/mol. The van der Waals surface area contributed by atoms with Crippen LogP contribution in [-0.4, -0.2) is 85.1 Å². The lowest BCUT2D eigenvalue weighted by atomic mass is 9.81. The molecular formula is C19H28F4N2O4. The average molecular weight is 424 g/mol. The Hall–Kier alpha value is -1.42. The molecule has 3 atom stereocenters. The minimum absolute atomic E-state index is 0.000820. The van der Waals surface area contributed by atoms with Crippen LogP contribution in [0.15, 0.2) is 0 Å². The molecule has 0 aromatic heterocycles. The van der Waals surface area contributed by atoms with Gasteiger partial charge in [0.15, 0.2) is 0 Å². The summed E-state index contributed by atoms with van der Waals surface area (Å²) in [4.78, 5) is 26.2. The van der Waals surface area contributed by atoms with E-state index in [9.17, 15) is 22.4 Å². The molecule has 0 unspecified atom stereocenters. The molecule has 10 heteroatoms. The summed E-state index contributed by atoms with van der Waals surface area (Å²) in [6, 6.07) is 0. The molecule has 1 saturated carbocycles. The van der Waals surface area contributed by atoms with E-state index in [-0.39, 0.29) is 11.8 Å². The van der Waals surface area contributed by atoms with Crippen molar-refractivity contribution < 1.29 is 37.0 Å². The third kappa shape index (κ3) is 6.04. The first kappa shape index (κ1) is 22.3. The maximum Gasteiger partial charge on any atom is 0.490 e. The number of carbonyl (C=O) groups is 2. The quantitative estimate of drug-likeness (QED) is 0.704. The molecular weight excluding hydrogens is 396 g/mol. The van der Waals surface area contributed by atoms with E-state index in [2.05, 4.69) is 4.90 Å². The van der Waals surface area contributed by atoms with Crippen LogP contribution >= 0.6 is 0 Å². The number of carboxylic acid groups (broad SMARTS) is 1. The van der Waals surface area contributed by atoms with Crippen molar-refractivity contribution in [2.45, 2.75) is 38.0 Å². The molecule has 4 aliphatic rings. The Morgan fingerprint density at radius 1 is 1.03 bits per heavy atom. The number of aliphatic carboxylic acids is 1. The van der Waals surface area contributed by atoms with Crippen LogP contribution in [0, 0.1) is 23.7 Å². The Bertz CT molecular complexity index is 591. The second-order valence-electron chi connectivity index (χ2n) is 8.53. The summed E-state index contributed by atoms with van der Waals surface area (Å²) in [6.45, 7) is 5.90. The van der Waals surface area contributed by atoms with Gasteiger partial charge in [-0.2, -0.15) is 13.2 Å². The van der Waals surface area contributed by atoms with E-state index < -0.39 is 18.3 Å². The molecule has 0 spiro atoms. The van der Waals surface area contributed by atoms with E-state index in [0.717, 1.165) is 25.6 Å². The highest BCUT2D eigenvalue weighted by Gasteiger charge is 2.46. The molecule has 0 bridgehead atoms. The smallest absolute Gasteiger partial charge is 0.475 e. The highest BCUT2D eigenvalue weighted by atomic mass is 19.4. The van der Waals surface area contributed by atoms with Crippen molar-refractivity contribution in [3.63, 3.8) is 0 Å². The zero-order valence-corrected chi connectivity index (χ0v) is 16.2. The molecule has 3 aliphatic heterocycles. The van der Waals surface area contributed by atoms with E-state index in [4.69, 9.17) is 14.6 Å². The number of nitrogens with zero attached hydrogens (tertiary/aromatic N) is 2. The lowest BCUT2D eigenvalue weighted by molar-refractivity contribution is -0.192. The van der Waals surface area contributed by atoms with Crippen molar-refractivity contribution in [2.75, 3.05) is 45.9 Å². The van der Waals surface area contributed by atoms with Gasteiger partial charge in [-0.3, -0.25) is 4.79 Å². The van der Waals surface area contributed by atoms with Crippen LogP contribution in [-0.2, 0) is 14.3 Å². The summed E-state index contributed by atoms with van der Waals surface area (Å²) in [5.41, 5.74) is 0. The number of piperidine rings is 1. The van der Waals surface area contributed by atoms with Crippen molar-refractivity contribution in [1.82, 2.24) is 9.80 Å². The summed E-state index contributed by atoms with van der Waals surface area (Å²) < 4.78 is 50.8. The molecule has 0 radical (unpaired) electrons. The van der Waals surface area contributed by atoms with Crippen molar-refractivity contribution in [2.24, 2.45) is 23.7 Å². The Kier molecular flexibility index (Phi) is 7.03. The zero-order valence-electron chi connectivity index (χ0n) is 16.2. The Balaban J connectivity index is 0.000000298. The molecule has 0 aromatic carbocycles. The van der Waals surface area contributed by atoms with Crippen molar-refractivity contribution in [3.05, 3.63) is 0 Å². The molecule has 6 nitrogen and oxygen atoms in total. The molecule has 3 heterocycles. The van der Waals surface area contributed by atoms with Crippen LogP contribution in [0.25, 0.3) is 0 Å². The maximum absolute atomic E-state index is 13.3. The molecule has 3 saturated heterocycles. The van der Waals surface area contributed by atoms with Gasteiger partial charge in [0.25, 0.3) is 0 Å². The van der Waals surface area contributed by atoms with Crippen LogP contribution in [0.3, 0.4) is 0 Å². The molecule has 0 aromatic rings. The van der Waals surface area contributed by atoms with E-state index in [1.54, 1.807) is 0 Å². The zero-order chi connectivity index (χ0) is 21.2. The number of rotatable bonds is 3. The fraction of sp³-hybridized carbons (Fsp3) is 0.895. The number of alkyl halides is 4. The standard InChI is InChI=1S/C17H27FN2O2.C2HF3O2/c18-14-3-5-20(6-4-14)17(21)16-11-22-10-13-8-19(9-15(13)16)7-12-1-2-12;3-2(4,5)1(6)7/h12-16H,1-11H2;(H,6,7)/t13-,15-,16-;/m1./s1. The normalized spacial score (nSPS) is 31.0. The number of hydrogen-bond donors (Lipinski definition) is 1. The Morgan fingerprint density at radius 3 is 2.21 bits per heavy atom. The monoisotopic (exact) mass is 424 g/mol. The van der Waals surface area contributed by atoms with Gasteiger partial charge in [-0.25, -0.2) is 9.18 Å². The number of carbonyl (C=O) groups excluding carboxylic acids is 1. The van der Waals surface area contributed by atoms with Gasteiger partial charge in [0.1, 0.15) is 6.17 Å². The number of ether oxygens (including phenoxy) is 1. The lowest BCUT2D eigenvalue weighted by Crippen LogP contribution is -2.48. The Morgan fingerprint density at radius 2 is 1.66 bits per heavy atom. The van der Waals surface area contributed by atoms with Gasteiger partial charge >= 0.3 is 12.1 Å². The minimum atomic E-state index is -5.08. The highest BCUT2D eigenvalue weighted by Crippen LogP contribution is 2.38. The summed E-state index contributed by atoms with van der Waals surface area (Å²) in [6.07, 6.45) is -2.05. The molecule has 1 amide bonds. The van der Waals surface area contributed by atoms with Crippen LogP contribution in [0.1, 0.15) is 25.7 Å². The number of fused-ring (bicyclic) bond motifs is 1. The van der Waals surface area contributed by atoms with Crippen molar-refractivity contribution >= 4 is 11.9 Å². The van der Waals surface area contributed by atoms with Crippen molar-refractivity contribution in [1.29, 1.82) is 0 Å². The highest BCUT2D eigenvalue weighted by molar-refractivity contribution is 5.79. The van der Waals surface area contributed by atoms with Gasteiger partial charge < -0.3 is 19.6 Å². The second-order valence-corrected chi connectivity index (χ2v) is 8.53. The molecule has 166 valence electrons.